The lowest BCUT2D eigenvalue weighted by Crippen LogP contribution is -2.34. The molecule has 1 saturated heterocycles. The first kappa shape index (κ1) is 18.8. The van der Waals surface area contributed by atoms with E-state index in [0.717, 1.165) is 36.3 Å². The zero-order chi connectivity index (χ0) is 18.4. The second-order valence-corrected chi connectivity index (χ2v) is 6.69. The van der Waals surface area contributed by atoms with Gasteiger partial charge in [-0.05, 0) is 43.1 Å². The van der Waals surface area contributed by atoms with Gasteiger partial charge in [-0.15, -0.1) is 0 Å². The summed E-state index contributed by atoms with van der Waals surface area (Å²) in [5, 5.41) is 10.4. The van der Waals surface area contributed by atoms with E-state index in [4.69, 9.17) is 9.47 Å². The average Bonchev–Trinajstić information content (AvgIpc) is 3.10. The van der Waals surface area contributed by atoms with Gasteiger partial charge in [0.2, 0.25) is 0 Å². The van der Waals surface area contributed by atoms with Crippen molar-refractivity contribution in [2.24, 2.45) is 0 Å². The summed E-state index contributed by atoms with van der Waals surface area (Å²) in [7, 11) is 1.64. The normalized spacial score (nSPS) is 18.8. The highest BCUT2D eigenvalue weighted by Crippen LogP contribution is 2.32. The quantitative estimate of drug-likeness (QED) is 0.783. The van der Waals surface area contributed by atoms with Gasteiger partial charge in [-0.25, -0.2) is 4.39 Å². The molecule has 5 heteroatoms. The Morgan fingerprint density at radius 3 is 2.73 bits per heavy atom. The molecular formula is C21H26FNO3. The van der Waals surface area contributed by atoms with Crippen LogP contribution in [0.15, 0.2) is 48.5 Å². The fourth-order valence-corrected chi connectivity index (χ4v) is 3.56. The van der Waals surface area contributed by atoms with Crippen LogP contribution in [0.2, 0.25) is 0 Å². The van der Waals surface area contributed by atoms with Crippen LogP contribution in [0.1, 0.15) is 30.0 Å². The number of likely N-dealkylation sites (tertiary alicyclic amines) is 1. The van der Waals surface area contributed by atoms with Crippen molar-refractivity contribution in [2.45, 2.75) is 31.6 Å². The van der Waals surface area contributed by atoms with Crippen LogP contribution in [-0.2, 0) is 11.3 Å². The smallest absolute Gasteiger partial charge is 0.124 e. The van der Waals surface area contributed by atoms with Crippen LogP contribution < -0.4 is 4.74 Å². The van der Waals surface area contributed by atoms with Gasteiger partial charge in [-0.1, -0.05) is 30.3 Å². The van der Waals surface area contributed by atoms with Gasteiger partial charge in [0, 0.05) is 18.2 Å². The van der Waals surface area contributed by atoms with E-state index in [1.807, 2.05) is 36.4 Å². The molecule has 140 valence electrons. The van der Waals surface area contributed by atoms with E-state index < -0.39 is 6.10 Å². The molecule has 0 spiro atoms. The van der Waals surface area contributed by atoms with E-state index in [1.54, 1.807) is 7.11 Å². The van der Waals surface area contributed by atoms with Gasteiger partial charge in [0.1, 0.15) is 11.6 Å². The monoisotopic (exact) mass is 359 g/mol. The molecule has 0 aromatic heterocycles. The Bertz CT molecular complexity index is 692. The SMILES string of the molecule is COc1ccccc1COCC(O)CN1CCCC1c1ccc(F)cc1. The maximum atomic E-state index is 13.1. The lowest BCUT2D eigenvalue weighted by Gasteiger charge is -2.27. The minimum Gasteiger partial charge on any atom is -0.496 e. The Hall–Kier alpha value is -1.95. The van der Waals surface area contributed by atoms with Crippen LogP contribution in [0.4, 0.5) is 4.39 Å². The lowest BCUT2D eigenvalue weighted by atomic mass is 10.0. The molecule has 0 bridgehead atoms. The predicted octanol–water partition coefficient (Wildman–Crippen LogP) is 3.55. The molecule has 0 amide bonds. The maximum absolute atomic E-state index is 13.1. The van der Waals surface area contributed by atoms with E-state index in [-0.39, 0.29) is 18.5 Å². The third-order valence-corrected chi connectivity index (χ3v) is 4.82. The summed E-state index contributed by atoms with van der Waals surface area (Å²) in [5.41, 5.74) is 2.07. The zero-order valence-electron chi connectivity index (χ0n) is 15.1. The zero-order valence-corrected chi connectivity index (χ0v) is 15.1. The number of hydrogen-bond donors (Lipinski definition) is 1. The number of methoxy groups -OCH3 is 1. The van der Waals surface area contributed by atoms with Gasteiger partial charge in [0.05, 0.1) is 26.4 Å². The summed E-state index contributed by atoms with van der Waals surface area (Å²) < 4.78 is 24.1. The minimum atomic E-state index is -0.564. The number of para-hydroxylation sites is 1. The second kappa shape index (κ2) is 9.12. The van der Waals surface area contributed by atoms with Crippen molar-refractivity contribution < 1.29 is 19.0 Å². The molecular weight excluding hydrogens is 333 g/mol. The first-order chi connectivity index (χ1) is 12.7. The topological polar surface area (TPSA) is 41.9 Å². The van der Waals surface area contributed by atoms with E-state index in [1.165, 1.54) is 12.1 Å². The molecule has 2 atom stereocenters. The molecule has 1 heterocycles. The summed E-state index contributed by atoms with van der Waals surface area (Å²) in [6.07, 6.45) is 1.54. The minimum absolute atomic E-state index is 0.219. The largest absolute Gasteiger partial charge is 0.496 e. The van der Waals surface area contributed by atoms with E-state index in [2.05, 4.69) is 4.90 Å². The summed E-state index contributed by atoms with van der Waals surface area (Å²) in [6.45, 7) is 2.16. The summed E-state index contributed by atoms with van der Waals surface area (Å²) in [4.78, 5) is 2.25. The molecule has 1 aliphatic rings. The van der Waals surface area contributed by atoms with Crippen molar-refractivity contribution in [3.8, 4) is 5.75 Å². The first-order valence-corrected chi connectivity index (χ1v) is 9.04. The average molecular weight is 359 g/mol. The highest BCUT2D eigenvalue weighted by atomic mass is 19.1. The second-order valence-electron chi connectivity index (χ2n) is 6.69. The standard InChI is InChI=1S/C21H26FNO3/c1-25-21-7-3-2-5-17(21)14-26-15-19(24)13-23-12-4-6-20(23)16-8-10-18(22)11-9-16/h2-3,5,7-11,19-20,24H,4,6,12-15H2,1H3. The summed E-state index contributed by atoms with van der Waals surface area (Å²) in [5.74, 6) is 0.570. The van der Waals surface area contributed by atoms with Gasteiger partial charge in [0.25, 0.3) is 0 Å². The molecule has 1 fully saturated rings. The third kappa shape index (κ3) is 4.81. The van der Waals surface area contributed by atoms with Gasteiger partial charge >= 0.3 is 0 Å². The molecule has 1 aliphatic heterocycles. The van der Waals surface area contributed by atoms with Crippen molar-refractivity contribution in [1.29, 1.82) is 0 Å². The Kier molecular flexibility index (Phi) is 6.61. The van der Waals surface area contributed by atoms with Crippen LogP contribution in [0.25, 0.3) is 0 Å². The molecule has 2 aromatic rings. The fraction of sp³-hybridized carbons (Fsp3) is 0.429. The number of rotatable bonds is 8. The maximum Gasteiger partial charge on any atom is 0.124 e. The van der Waals surface area contributed by atoms with Crippen molar-refractivity contribution in [3.63, 3.8) is 0 Å². The van der Waals surface area contributed by atoms with Crippen LogP contribution in [0.3, 0.4) is 0 Å². The van der Waals surface area contributed by atoms with Crippen molar-refractivity contribution in [2.75, 3.05) is 26.8 Å². The lowest BCUT2D eigenvalue weighted by molar-refractivity contribution is 0.00724. The fourth-order valence-electron chi connectivity index (χ4n) is 3.56. The van der Waals surface area contributed by atoms with Gasteiger partial charge < -0.3 is 14.6 Å². The van der Waals surface area contributed by atoms with Crippen molar-refractivity contribution in [1.82, 2.24) is 4.90 Å². The summed E-state index contributed by atoms with van der Waals surface area (Å²) >= 11 is 0. The highest BCUT2D eigenvalue weighted by molar-refractivity contribution is 5.32. The molecule has 26 heavy (non-hydrogen) atoms. The third-order valence-electron chi connectivity index (χ3n) is 4.82. The molecule has 2 unspecified atom stereocenters. The number of hydrogen-bond acceptors (Lipinski definition) is 4. The number of halogens is 1. The Morgan fingerprint density at radius 1 is 1.19 bits per heavy atom. The van der Waals surface area contributed by atoms with Crippen LogP contribution >= 0.6 is 0 Å². The van der Waals surface area contributed by atoms with Crippen molar-refractivity contribution >= 4 is 0 Å². The van der Waals surface area contributed by atoms with Crippen LogP contribution in [-0.4, -0.2) is 42.9 Å². The Labute approximate surface area is 154 Å². The van der Waals surface area contributed by atoms with Gasteiger partial charge in [-0.3, -0.25) is 4.90 Å². The molecule has 0 aliphatic carbocycles. The Balaban J connectivity index is 1.49. The number of aliphatic hydroxyl groups is 1. The van der Waals surface area contributed by atoms with E-state index in [0.29, 0.717) is 13.2 Å². The molecule has 0 saturated carbocycles. The molecule has 4 nitrogen and oxygen atoms in total. The first-order valence-electron chi connectivity index (χ1n) is 9.04. The van der Waals surface area contributed by atoms with Crippen LogP contribution in [0, 0.1) is 5.82 Å². The number of nitrogens with zero attached hydrogens (tertiary/aromatic N) is 1. The summed E-state index contributed by atoms with van der Waals surface area (Å²) in [6, 6.07) is 14.6. The Morgan fingerprint density at radius 2 is 1.96 bits per heavy atom. The number of aliphatic hydroxyl groups excluding tert-OH is 1. The highest BCUT2D eigenvalue weighted by Gasteiger charge is 2.27. The number of β-amino-alcohol motifs (C(OH)–C–C–N with tert-alkyl or cyclic N) is 1. The van der Waals surface area contributed by atoms with Crippen LogP contribution in [0.5, 0.6) is 5.75 Å². The molecule has 1 N–H and O–H groups in total. The van der Waals surface area contributed by atoms with E-state index in [9.17, 15) is 9.50 Å². The number of ether oxygens (including phenoxy) is 2. The van der Waals surface area contributed by atoms with Gasteiger partial charge in [-0.2, -0.15) is 0 Å². The van der Waals surface area contributed by atoms with Crippen molar-refractivity contribution in [3.05, 3.63) is 65.5 Å². The van der Waals surface area contributed by atoms with Gasteiger partial charge in [0.15, 0.2) is 0 Å². The number of benzene rings is 2. The molecule has 0 radical (unpaired) electrons. The van der Waals surface area contributed by atoms with E-state index >= 15 is 0 Å². The predicted molar refractivity (Wildman–Crippen MR) is 98.6 cm³/mol. The molecule has 2 aromatic carbocycles. The molecule has 3 rings (SSSR count).